The van der Waals surface area contributed by atoms with Crippen LogP contribution < -0.4 is 9.64 Å². The largest absolute Gasteiger partial charge is 0.492 e. The number of piperidine rings is 1. The first-order chi connectivity index (χ1) is 13.2. The molecule has 3 aromatic rings. The number of nitrogens with zero attached hydrogens (tertiary/aromatic N) is 6. The molecule has 1 aliphatic rings. The molecule has 8 nitrogen and oxygen atoms in total. The molecule has 1 saturated heterocycles. The molecular formula is C19H20N6O2. The van der Waals surface area contributed by atoms with E-state index in [9.17, 15) is 10.4 Å². The number of ether oxygens (including phenoxy) is 1. The first kappa shape index (κ1) is 17.2. The molecule has 0 aromatic carbocycles. The van der Waals surface area contributed by atoms with E-state index in [1.165, 1.54) is 6.20 Å². The first-order valence-electron chi connectivity index (χ1n) is 8.99. The Morgan fingerprint density at radius 3 is 2.93 bits per heavy atom. The molecule has 0 saturated carbocycles. The lowest BCUT2D eigenvalue weighted by Gasteiger charge is -2.30. The third-order valence-corrected chi connectivity index (χ3v) is 4.65. The number of hydrogen-bond donors (Lipinski definition) is 1. The Labute approximate surface area is 156 Å². The van der Waals surface area contributed by atoms with Crippen LogP contribution in [0.25, 0.3) is 16.8 Å². The van der Waals surface area contributed by atoms with Crippen LogP contribution in [0.5, 0.6) is 5.75 Å². The number of aliphatic hydroxyl groups excluding tert-OH is 1. The normalized spacial score (nSPS) is 17.1. The second-order valence-corrected chi connectivity index (χ2v) is 6.49. The third-order valence-electron chi connectivity index (χ3n) is 4.65. The SMILES string of the molecule is CCOc1cc(-c2cnc(N3CCCC(O)C3)cn2)c2c(C#N)cnn2c1. The van der Waals surface area contributed by atoms with Gasteiger partial charge in [-0.05, 0) is 25.8 Å². The van der Waals surface area contributed by atoms with E-state index < -0.39 is 0 Å². The lowest BCUT2D eigenvalue weighted by atomic mass is 10.1. The maximum Gasteiger partial charge on any atom is 0.147 e. The number of nitriles is 1. The third kappa shape index (κ3) is 3.29. The van der Waals surface area contributed by atoms with Crippen molar-refractivity contribution in [2.24, 2.45) is 0 Å². The summed E-state index contributed by atoms with van der Waals surface area (Å²) in [5, 5.41) is 23.5. The number of hydrogen-bond acceptors (Lipinski definition) is 7. The molecule has 0 spiro atoms. The highest BCUT2D eigenvalue weighted by Crippen LogP contribution is 2.30. The number of aliphatic hydroxyl groups is 1. The fourth-order valence-corrected chi connectivity index (χ4v) is 3.41. The summed E-state index contributed by atoms with van der Waals surface area (Å²) in [5.74, 6) is 1.39. The van der Waals surface area contributed by atoms with Gasteiger partial charge >= 0.3 is 0 Å². The van der Waals surface area contributed by atoms with Gasteiger partial charge in [0.05, 0.1) is 54.3 Å². The quantitative estimate of drug-likeness (QED) is 0.756. The molecule has 4 rings (SSSR count). The maximum absolute atomic E-state index is 9.86. The molecule has 138 valence electrons. The van der Waals surface area contributed by atoms with E-state index >= 15 is 0 Å². The summed E-state index contributed by atoms with van der Waals surface area (Å²) in [6.45, 7) is 3.87. The van der Waals surface area contributed by atoms with Crippen LogP contribution >= 0.6 is 0 Å². The smallest absolute Gasteiger partial charge is 0.147 e. The van der Waals surface area contributed by atoms with Crippen LogP contribution in [0.3, 0.4) is 0 Å². The van der Waals surface area contributed by atoms with Gasteiger partial charge in [-0.3, -0.25) is 4.98 Å². The molecule has 8 heteroatoms. The average Bonchev–Trinajstić information content (AvgIpc) is 3.11. The zero-order chi connectivity index (χ0) is 18.8. The van der Waals surface area contributed by atoms with Gasteiger partial charge in [-0.15, -0.1) is 0 Å². The van der Waals surface area contributed by atoms with E-state index in [4.69, 9.17) is 4.74 Å². The monoisotopic (exact) mass is 364 g/mol. The lowest BCUT2D eigenvalue weighted by molar-refractivity contribution is 0.154. The molecule has 0 amide bonds. The van der Waals surface area contributed by atoms with Gasteiger partial charge < -0.3 is 14.7 Å². The second-order valence-electron chi connectivity index (χ2n) is 6.49. The predicted octanol–water partition coefficient (Wildman–Crippen LogP) is 2.02. The highest BCUT2D eigenvalue weighted by molar-refractivity contribution is 5.83. The van der Waals surface area contributed by atoms with Crippen LogP contribution in [0.2, 0.25) is 0 Å². The van der Waals surface area contributed by atoms with Crippen LogP contribution in [-0.4, -0.2) is 50.5 Å². The summed E-state index contributed by atoms with van der Waals surface area (Å²) in [6, 6.07) is 4.03. The number of β-amino-alcohol motifs (C(OH)–C–C–N with tert-alkyl or cyclic N) is 1. The lowest BCUT2D eigenvalue weighted by Crippen LogP contribution is -2.38. The zero-order valence-corrected chi connectivity index (χ0v) is 15.0. The predicted molar refractivity (Wildman–Crippen MR) is 99.6 cm³/mol. The van der Waals surface area contributed by atoms with Gasteiger partial charge in [0.2, 0.25) is 0 Å². The fraction of sp³-hybridized carbons (Fsp3) is 0.368. The molecular weight excluding hydrogens is 344 g/mol. The molecule has 1 unspecified atom stereocenters. The molecule has 0 bridgehead atoms. The van der Waals surface area contributed by atoms with Gasteiger partial charge in [0.25, 0.3) is 0 Å². The Hall–Kier alpha value is -3.18. The Kier molecular flexibility index (Phi) is 4.60. The Morgan fingerprint density at radius 1 is 1.33 bits per heavy atom. The van der Waals surface area contributed by atoms with Crippen molar-refractivity contribution in [1.82, 2.24) is 19.6 Å². The van der Waals surface area contributed by atoms with Crippen LogP contribution in [0.1, 0.15) is 25.3 Å². The van der Waals surface area contributed by atoms with Gasteiger partial charge in [-0.25, -0.2) is 9.50 Å². The molecule has 0 radical (unpaired) electrons. The number of aromatic nitrogens is 4. The minimum absolute atomic E-state index is 0.326. The molecule has 1 fully saturated rings. The second kappa shape index (κ2) is 7.21. The summed E-state index contributed by atoms with van der Waals surface area (Å²) >= 11 is 0. The van der Waals surface area contributed by atoms with Crippen molar-refractivity contribution in [2.45, 2.75) is 25.9 Å². The van der Waals surface area contributed by atoms with Crippen molar-refractivity contribution in [3.05, 3.63) is 36.4 Å². The van der Waals surface area contributed by atoms with E-state index in [-0.39, 0.29) is 6.10 Å². The van der Waals surface area contributed by atoms with Crippen LogP contribution in [0, 0.1) is 11.3 Å². The van der Waals surface area contributed by atoms with Crippen molar-refractivity contribution in [2.75, 3.05) is 24.6 Å². The van der Waals surface area contributed by atoms with Gasteiger partial charge in [-0.2, -0.15) is 10.4 Å². The minimum atomic E-state index is -0.326. The standard InChI is InChI=1S/C19H20N6O2/c1-2-27-15-6-16(19-13(7-20)8-23-25(19)12-15)17-9-22-18(10-21-17)24-5-3-4-14(26)11-24/h6,8-10,12,14,26H,2-5,11H2,1H3. The summed E-state index contributed by atoms with van der Waals surface area (Å²) in [4.78, 5) is 11.1. The van der Waals surface area contributed by atoms with E-state index in [1.54, 1.807) is 23.1 Å². The minimum Gasteiger partial charge on any atom is -0.492 e. The van der Waals surface area contributed by atoms with Crippen LogP contribution in [0.15, 0.2) is 30.9 Å². The van der Waals surface area contributed by atoms with Gasteiger partial charge in [0.15, 0.2) is 0 Å². The van der Waals surface area contributed by atoms with E-state index in [2.05, 4.69) is 21.1 Å². The molecule has 1 N–H and O–H groups in total. The maximum atomic E-state index is 9.86. The van der Waals surface area contributed by atoms with Crippen molar-refractivity contribution >= 4 is 11.3 Å². The Balaban J connectivity index is 1.75. The number of fused-ring (bicyclic) bond motifs is 1. The summed E-state index contributed by atoms with van der Waals surface area (Å²) < 4.78 is 7.26. The number of pyridine rings is 1. The topological polar surface area (TPSA) is 99.6 Å². The summed E-state index contributed by atoms with van der Waals surface area (Å²) in [5.41, 5.74) is 2.53. The molecule has 1 aliphatic heterocycles. The van der Waals surface area contributed by atoms with Gasteiger partial charge in [-0.1, -0.05) is 0 Å². The molecule has 3 aromatic heterocycles. The number of rotatable bonds is 4. The molecule has 1 atom stereocenters. The van der Waals surface area contributed by atoms with Crippen molar-refractivity contribution in [3.8, 4) is 23.1 Å². The van der Waals surface area contributed by atoms with E-state index in [0.29, 0.717) is 35.7 Å². The van der Waals surface area contributed by atoms with E-state index in [0.717, 1.165) is 30.8 Å². The van der Waals surface area contributed by atoms with Crippen molar-refractivity contribution in [3.63, 3.8) is 0 Å². The zero-order valence-electron chi connectivity index (χ0n) is 15.0. The number of anilines is 1. The Morgan fingerprint density at radius 2 is 2.22 bits per heavy atom. The van der Waals surface area contributed by atoms with Crippen LogP contribution in [0.4, 0.5) is 5.82 Å². The van der Waals surface area contributed by atoms with Crippen molar-refractivity contribution < 1.29 is 9.84 Å². The highest BCUT2D eigenvalue weighted by atomic mass is 16.5. The first-order valence-corrected chi connectivity index (χ1v) is 8.99. The summed E-state index contributed by atoms with van der Waals surface area (Å²) in [6.07, 6.45) is 8.11. The van der Waals surface area contributed by atoms with Crippen molar-refractivity contribution in [1.29, 1.82) is 5.26 Å². The highest BCUT2D eigenvalue weighted by Gasteiger charge is 2.20. The summed E-state index contributed by atoms with van der Waals surface area (Å²) in [7, 11) is 0. The van der Waals surface area contributed by atoms with Gasteiger partial charge in [0, 0.05) is 18.7 Å². The van der Waals surface area contributed by atoms with Gasteiger partial charge in [0.1, 0.15) is 17.6 Å². The fourth-order valence-electron chi connectivity index (χ4n) is 3.41. The van der Waals surface area contributed by atoms with E-state index in [1.807, 2.05) is 17.9 Å². The van der Waals surface area contributed by atoms with Crippen LogP contribution in [-0.2, 0) is 0 Å². The molecule has 0 aliphatic carbocycles. The molecule has 27 heavy (non-hydrogen) atoms. The average molecular weight is 364 g/mol. The molecule has 4 heterocycles. The Bertz CT molecular complexity index is 992.